The molecule has 1 aliphatic heterocycles. The fraction of sp³-hybridized carbons (Fsp3) is 0.269. The molecule has 2 N–H and O–H groups in total. The minimum atomic E-state index is -0.242. The number of nitrogens with one attached hydrogen (secondary N) is 2. The average Bonchev–Trinajstić information content (AvgIpc) is 2.74. The number of rotatable bonds is 5. The Bertz CT molecular complexity index is 1050. The number of aryl methyl sites for hydroxylation is 1. The van der Waals surface area contributed by atoms with Crippen LogP contribution in [0.2, 0.25) is 0 Å². The van der Waals surface area contributed by atoms with E-state index in [0.29, 0.717) is 5.11 Å². The smallest absolute Gasteiger partial charge is 0.171 e. The molecule has 0 fully saturated rings. The van der Waals surface area contributed by atoms with E-state index in [1.807, 2.05) is 17.8 Å². The lowest BCUT2D eigenvalue weighted by atomic mass is 9.89. The molecule has 3 aromatic rings. The molecule has 5 heteroatoms. The molecule has 31 heavy (non-hydrogen) atoms. The molecule has 0 bridgehead atoms. The molecule has 1 unspecified atom stereocenters. The summed E-state index contributed by atoms with van der Waals surface area (Å²) in [5, 5.41) is 7.47. The molecule has 0 saturated carbocycles. The highest BCUT2D eigenvalue weighted by atomic mass is 32.2. The van der Waals surface area contributed by atoms with Gasteiger partial charge in [0, 0.05) is 28.3 Å². The highest BCUT2D eigenvalue weighted by molar-refractivity contribution is 7.98. The van der Waals surface area contributed by atoms with Gasteiger partial charge in [-0.1, -0.05) is 48.0 Å². The maximum absolute atomic E-state index is 6.17. The molecule has 0 amide bonds. The molecule has 0 aliphatic carbocycles. The minimum absolute atomic E-state index is 0.111. The van der Waals surface area contributed by atoms with Crippen molar-refractivity contribution in [3.05, 3.63) is 89.5 Å². The summed E-state index contributed by atoms with van der Waals surface area (Å²) >= 11 is 7.48. The molecule has 0 spiro atoms. The Labute approximate surface area is 194 Å². The van der Waals surface area contributed by atoms with E-state index in [2.05, 4.69) is 98.1 Å². The topological polar surface area (TPSA) is 33.3 Å². The van der Waals surface area contributed by atoms with Crippen molar-refractivity contribution in [2.75, 3.05) is 5.32 Å². The van der Waals surface area contributed by atoms with Gasteiger partial charge in [0.05, 0.1) is 6.04 Å². The lowest BCUT2D eigenvalue weighted by Crippen LogP contribution is -2.42. The molecular formula is C26H28N2OS2. The number of thioether (sulfide) groups is 1. The quantitative estimate of drug-likeness (QED) is 0.328. The van der Waals surface area contributed by atoms with Gasteiger partial charge in [-0.15, -0.1) is 11.8 Å². The van der Waals surface area contributed by atoms with Crippen molar-refractivity contribution in [1.82, 2.24) is 5.32 Å². The van der Waals surface area contributed by atoms with Crippen molar-refractivity contribution < 1.29 is 4.74 Å². The summed E-state index contributed by atoms with van der Waals surface area (Å²) in [6.45, 7) is 6.34. The van der Waals surface area contributed by atoms with Crippen molar-refractivity contribution in [2.24, 2.45) is 0 Å². The van der Waals surface area contributed by atoms with Crippen LogP contribution in [-0.4, -0.2) is 10.7 Å². The largest absolute Gasteiger partial charge is 0.487 e. The molecule has 1 atom stereocenters. The first-order chi connectivity index (χ1) is 14.9. The molecule has 0 radical (unpaired) electrons. The van der Waals surface area contributed by atoms with Gasteiger partial charge in [0.2, 0.25) is 0 Å². The SMILES string of the molecule is Cc1ccc2c(c1)C(NC(=S)Nc1ccc(CSc3ccccc3)cc1)CC(C)(C)O2. The third-order valence-electron chi connectivity index (χ3n) is 5.29. The van der Waals surface area contributed by atoms with Gasteiger partial charge in [-0.2, -0.15) is 0 Å². The molecule has 160 valence electrons. The van der Waals surface area contributed by atoms with E-state index in [9.17, 15) is 0 Å². The lowest BCUT2D eigenvalue weighted by Gasteiger charge is -2.38. The van der Waals surface area contributed by atoms with E-state index in [1.54, 1.807) is 0 Å². The Hall–Kier alpha value is -2.50. The summed E-state index contributed by atoms with van der Waals surface area (Å²) in [5.41, 5.74) is 4.41. The number of hydrogen-bond donors (Lipinski definition) is 2. The summed E-state index contributed by atoms with van der Waals surface area (Å²) in [6.07, 6.45) is 0.848. The van der Waals surface area contributed by atoms with Crippen LogP contribution >= 0.6 is 24.0 Å². The highest BCUT2D eigenvalue weighted by Crippen LogP contribution is 2.39. The molecule has 0 aromatic heterocycles. The van der Waals surface area contributed by atoms with Crippen LogP contribution in [0.3, 0.4) is 0 Å². The van der Waals surface area contributed by atoms with E-state index < -0.39 is 0 Å². The van der Waals surface area contributed by atoms with Crippen LogP contribution < -0.4 is 15.4 Å². The summed E-state index contributed by atoms with van der Waals surface area (Å²) in [7, 11) is 0. The molecule has 3 nitrogen and oxygen atoms in total. The molecule has 1 heterocycles. The van der Waals surface area contributed by atoms with Crippen LogP contribution in [0.4, 0.5) is 5.69 Å². The fourth-order valence-electron chi connectivity index (χ4n) is 3.80. The zero-order valence-corrected chi connectivity index (χ0v) is 19.8. The highest BCUT2D eigenvalue weighted by Gasteiger charge is 2.34. The Morgan fingerprint density at radius 3 is 2.55 bits per heavy atom. The maximum atomic E-state index is 6.17. The summed E-state index contributed by atoms with van der Waals surface area (Å²) in [6, 6.07) is 25.4. The van der Waals surface area contributed by atoms with Gasteiger partial charge >= 0.3 is 0 Å². The number of hydrogen-bond acceptors (Lipinski definition) is 3. The van der Waals surface area contributed by atoms with Gasteiger partial charge in [-0.25, -0.2) is 0 Å². The maximum Gasteiger partial charge on any atom is 0.171 e. The molecule has 3 aromatic carbocycles. The van der Waals surface area contributed by atoms with E-state index in [4.69, 9.17) is 17.0 Å². The number of ether oxygens (including phenoxy) is 1. The van der Waals surface area contributed by atoms with Gasteiger partial charge < -0.3 is 15.4 Å². The van der Waals surface area contributed by atoms with E-state index in [0.717, 1.165) is 29.2 Å². The Morgan fingerprint density at radius 1 is 1.06 bits per heavy atom. The van der Waals surface area contributed by atoms with Crippen molar-refractivity contribution in [1.29, 1.82) is 0 Å². The van der Waals surface area contributed by atoms with Gasteiger partial charge in [0.15, 0.2) is 5.11 Å². The summed E-state index contributed by atoms with van der Waals surface area (Å²) < 4.78 is 6.17. The molecule has 0 saturated heterocycles. The second kappa shape index (κ2) is 9.33. The molecule has 4 rings (SSSR count). The molecule has 1 aliphatic rings. The van der Waals surface area contributed by atoms with Crippen LogP contribution in [0, 0.1) is 6.92 Å². The van der Waals surface area contributed by atoms with Gasteiger partial charge in [-0.3, -0.25) is 0 Å². The van der Waals surface area contributed by atoms with E-state index in [-0.39, 0.29) is 11.6 Å². The average molecular weight is 449 g/mol. The van der Waals surface area contributed by atoms with E-state index in [1.165, 1.54) is 16.0 Å². The van der Waals surface area contributed by atoms with Crippen LogP contribution in [-0.2, 0) is 5.75 Å². The Morgan fingerprint density at radius 2 is 1.81 bits per heavy atom. The van der Waals surface area contributed by atoms with Gasteiger partial charge in [0.25, 0.3) is 0 Å². The standard InChI is InChI=1S/C26H28N2OS2/c1-18-9-14-24-22(15-18)23(16-26(2,3)29-24)28-25(30)27-20-12-10-19(11-13-20)17-31-21-7-5-4-6-8-21/h4-15,23H,16-17H2,1-3H3,(H2,27,28,30). The first-order valence-electron chi connectivity index (χ1n) is 10.5. The Balaban J connectivity index is 1.37. The van der Waals surface area contributed by atoms with Gasteiger partial charge in [-0.05, 0) is 68.9 Å². The van der Waals surface area contributed by atoms with Crippen LogP contribution in [0.5, 0.6) is 5.75 Å². The second-order valence-corrected chi connectivity index (χ2v) is 10.0. The predicted octanol–water partition coefficient (Wildman–Crippen LogP) is 6.88. The zero-order chi connectivity index (χ0) is 21.8. The van der Waals surface area contributed by atoms with Crippen molar-refractivity contribution in [3.63, 3.8) is 0 Å². The minimum Gasteiger partial charge on any atom is -0.487 e. The van der Waals surface area contributed by atoms with Crippen molar-refractivity contribution >= 4 is 34.8 Å². The van der Waals surface area contributed by atoms with Crippen LogP contribution in [0.1, 0.15) is 43.0 Å². The number of thiocarbonyl (C=S) groups is 1. The third kappa shape index (κ3) is 5.81. The van der Waals surface area contributed by atoms with Crippen molar-refractivity contribution in [2.45, 2.75) is 49.5 Å². The van der Waals surface area contributed by atoms with E-state index >= 15 is 0 Å². The summed E-state index contributed by atoms with van der Waals surface area (Å²) in [5.74, 6) is 1.88. The monoisotopic (exact) mass is 448 g/mol. The van der Waals surface area contributed by atoms with Crippen LogP contribution in [0.15, 0.2) is 77.7 Å². The number of fused-ring (bicyclic) bond motifs is 1. The second-order valence-electron chi connectivity index (χ2n) is 8.56. The van der Waals surface area contributed by atoms with Gasteiger partial charge in [0.1, 0.15) is 11.4 Å². The number of benzene rings is 3. The predicted molar refractivity (Wildman–Crippen MR) is 135 cm³/mol. The lowest BCUT2D eigenvalue weighted by molar-refractivity contribution is 0.0696. The first-order valence-corrected chi connectivity index (χ1v) is 11.9. The van der Waals surface area contributed by atoms with Crippen LogP contribution in [0.25, 0.3) is 0 Å². The first kappa shape index (κ1) is 21.7. The summed E-state index contributed by atoms with van der Waals surface area (Å²) in [4.78, 5) is 1.28. The normalized spacial score (nSPS) is 16.7. The third-order valence-corrected chi connectivity index (χ3v) is 6.59. The zero-order valence-electron chi connectivity index (χ0n) is 18.1. The Kier molecular flexibility index (Phi) is 6.54. The number of anilines is 1. The molecular weight excluding hydrogens is 420 g/mol. The van der Waals surface area contributed by atoms with Crippen molar-refractivity contribution in [3.8, 4) is 5.75 Å². The fourth-order valence-corrected chi connectivity index (χ4v) is 4.93.